The van der Waals surface area contributed by atoms with Gasteiger partial charge >= 0.3 is 0 Å². The number of benzene rings is 3. The second-order valence-corrected chi connectivity index (χ2v) is 7.04. The van der Waals surface area contributed by atoms with Crippen LogP contribution in [0.15, 0.2) is 83.7 Å². The van der Waals surface area contributed by atoms with Gasteiger partial charge < -0.3 is 4.74 Å². The van der Waals surface area contributed by atoms with E-state index in [1.54, 1.807) is 29.2 Å². The van der Waals surface area contributed by atoms with Crippen LogP contribution in [0.2, 0.25) is 0 Å². The molecule has 7 heteroatoms. The number of carbonyl (C=O) groups excluding carboxylic acids is 1. The molecule has 1 aliphatic heterocycles. The molecular formula is C23H18N4O3. The van der Waals surface area contributed by atoms with E-state index in [1.165, 1.54) is 0 Å². The molecular weight excluding hydrogens is 380 g/mol. The lowest BCUT2D eigenvalue weighted by Crippen LogP contribution is -2.44. The van der Waals surface area contributed by atoms with Crippen LogP contribution < -0.4 is 15.2 Å². The zero-order valence-electron chi connectivity index (χ0n) is 16.0. The predicted octanol–water partition coefficient (Wildman–Crippen LogP) is 2.96. The van der Waals surface area contributed by atoms with E-state index in [0.29, 0.717) is 28.9 Å². The molecule has 0 aliphatic carbocycles. The van der Waals surface area contributed by atoms with Crippen LogP contribution in [0.25, 0.3) is 10.9 Å². The number of hydrogen-bond donors (Lipinski definition) is 0. The highest BCUT2D eigenvalue weighted by Crippen LogP contribution is 2.39. The number of aromatic nitrogens is 3. The highest BCUT2D eigenvalue weighted by atomic mass is 16.5. The monoisotopic (exact) mass is 398 g/mol. The molecule has 148 valence electrons. The molecule has 2 heterocycles. The molecule has 0 spiro atoms. The van der Waals surface area contributed by atoms with Crippen LogP contribution in [0.4, 0.5) is 5.69 Å². The number of ether oxygens (including phenoxy) is 1. The molecule has 0 radical (unpaired) electrons. The molecule has 0 saturated heterocycles. The summed E-state index contributed by atoms with van der Waals surface area (Å²) in [5.41, 5.74) is 1.79. The van der Waals surface area contributed by atoms with Gasteiger partial charge in [-0.2, -0.15) is 0 Å². The molecule has 3 aromatic carbocycles. The largest absolute Gasteiger partial charge is 0.489 e. The number of anilines is 1. The Hall–Kier alpha value is -4.00. The van der Waals surface area contributed by atoms with Crippen molar-refractivity contribution in [3.63, 3.8) is 0 Å². The van der Waals surface area contributed by atoms with E-state index in [4.69, 9.17) is 4.74 Å². The first-order chi connectivity index (χ1) is 14.7. The summed E-state index contributed by atoms with van der Waals surface area (Å²) < 4.78 is 7.03. The standard InChI is InChI=1S/C23H18N4O3/c28-22(14-26-23(29)17-10-4-5-11-18(17)24-25-26)27-19-12-6-7-13-21(19)30-15-20(27)16-8-2-1-3-9-16/h1-13,20H,14-15H2. The van der Waals surface area contributed by atoms with Crippen molar-refractivity contribution in [3.05, 3.63) is 94.8 Å². The fraction of sp³-hybridized carbons (Fsp3) is 0.130. The molecule has 7 nitrogen and oxygen atoms in total. The van der Waals surface area contributed by atoms with Crippen LogP contribution in [0.5, 0.6) is 5.75 Å². The van der Waals surface area contributed by atoms with Gasteiger partial charge in [0.2, 0.25) is 5.91 Å². The van der Waals surface area contributed by atoms with Gasteiger partial charge in [-0.3, -0.25) is 14.5 Å². The van der Waals surface area contributed by atoms with E-state index in [-0.39, 0.29) is 24.1 Å². The molecule has 0 fully saturated rings. The summed E-state index contributed by atoms with van der Waals surface area (Å²) in [4.78, 5) is 27.9. The first-order valence-corrected chi connectivity index (χ1v) is 9.64. The van der Waals surface area contributed by atoms with Gasteiger partial charge in [0.05, 0.1) is 17.1 Å². The van der Waals surface area contributed by atoms with E-state index in [0.717, 1.165) is 10.2 Å². The Kier molecular flexibility index (Phi) is 4.48. The van der Waals surface area contributed by atoms with Gasteiger partial charge in [0, 0.05) is 0 Å². The Morgan fingerprint density at radius 3 is 2.57 bits per heavy atom. The predicted molar refractivity (Wildman–Crippen MR) is 112 cm³/mol. The molecule has 1 aromatic heterocycles. The SMILES string of the molecule is O=C(Cn1nnc2ccccc2c1=O)N1c2ccccc2OCC1c1ccccc1. The minimum Gasteiger partial charge on any atom is -0.489 e. The molecule has 5 rings (SSSR count). The van der Waals surface area contributed by atoms with Gasteiger partial charge in [0.25, 0.3) is 5.56 Å². The minimum atomic E-state index is -0.341. The zero-order valence-corrected chi connectivity index (χ0v) is 16.0. The smallest absolute Gasteiger partial charge is 0.278 e. The third-order valence-corrected chi connectivity index (χ3v) is 5.20. The number of hydrogen-bond acceptors (Lipinski definition) is 5. The number of carbonyl (C=O) groups is 1. The van der Waals surface area contributed by atoms with Crippen LogP contribution >= 0.6 is 0 Å². The Balaban J connectivity index is 1.55. The summed E-state index contributed by atoms with van der Waals surface area (Å²) in [6.45, 7) is 0.111. The van der Waals surface area contributed by atoms with Crippen LogP contribution in [0.1, 0.15) is 11.6 Å². The van der Waals surface area contributed by atoms with Crippen molar-refractivity contribution in [2.45, 2.75) is 12.6 Å². The maximum atomic E-state index is 13.4. The molecule has 0 bridgehead atoms. The third-order valence-electron chi connectivity index (χ3n) is 5.20. The molecule has 1 atom stereocenters. The second-order valence-electron chi connectivity index (χ2n) is 7.04. The van der Waals surface area contributed by atoms with Gasteiger partial charge in [-0.05, 0) is 29.8 Å². The van der Waals surface area contributed by atoms with Crippen LogP contribution in [-0.4, -0.2) is 27.5 Å². The van der Waals surface area contributed by atoms with E-state index in [2.05, 4.69) is 10.3 Å². The highest BCUT2D eigenvalue weighted by molar-refractivity contribution is 5.96. The molecule has 1 amide bonds. The van der Waals surface area contributed by atoms with Gasteiger partial charge in [-0.25, -0.2) is 4.68 Å². The van der Waals surface area contributed by atoms with Crippen molar-refractivity contribution in [1.29, 1.82) is 0 Å². The molecule has 0 saturated carbocycles. The first kappa shape index (κ1) is 18.1. The van der Waals surface area contributed by atoms with E-state index >= 15 is 0 Å². The maximum Gasteiger partial charge on any atom is 0.278 e. The van der Waals surface area contributed by atoms with Crippen molar-refractivity contribution >= 4 is 22.5 Å². The lowest BCUT2D eigenvalue weighted by atomic mass is 10.0. The zero-order chi connectivity index (χ0) is 20.5. The van der Waals surface area contributed by atoms with E-state index < -0.39 is 0 Å². The molecule has 30 heavy (non-hydrogen) atoms. The summed E-state index contributed by atoms with van der Waals surface area (Å²) >= 11 is 0. The Morgan fingerprint density at radius 1 is 0.967 bits per heavy atom. The minimum absolute atomic E-state index is 0.214. The normalized spacial score (nSPS) is 15.5. The Morgan fingerprint density at radius 2 is 1.70 bits per heavy atom. The lowest BCUT2D eigenvalue weighted by Gasteiger charge is -2.37. The molecule has 1 unspecified atom stereocenters. The summed E-state index contributed by atoms with van der Waals surface area (Å²) in [6, 6.07) is 23.8. The fourth-order valence-electron chi connectivity index (χ4n) is 3.75. The summed E-state index contributed by atoms with van der Waals surface area (Å²) in [7, 11) is 0. The number of fused-ring (bicyclic) bond motifs is 2. The van der Waals surface area contributed by atoms with Gasteiger partial charge in [0.15, 0.2) is 0 Å². The molecule has 0 N–H and O–H groups in total. The van der Waals surface area contributed by atoms with Crippen molar-refractivity contribution < 1.29 is 9.53 Å². The first-order valence-electron chi connectivity index (χ1n) is 9.64. The van der Waals surface area contributed by atoms with Gasteiger partial charge in [-0.1, -0.05) is 59.8 Å². The number of rotatable bonds is 3. The topological polar surface area (TPSA) is 77.3 Å². The summed E-state index contributed by atoms with van der Waals surface area (Å²) in [5, 5.41) is 8.48. The van der Waals surface area contributed by atoms with Crippen molar-refractivity contribution in [2.75, 3.05) is 11.5 Å². The number of amides is 1. The number of para-hydroxylation sites is 2. The van der Waals surface area contributed by atoms with Crippen molar-refractivity contribution in [1.82, 2.24) is 15.0 Å². The lowest BCUT2D eigenvalue weighted by molar-refractivity contribution is -0.120. The molecule has 1 aliphatic rings. The highest BCUT2D eigenvalue weighted by Gasteiger charge is 2.33. The Bertz CT molecular complexity index is 1290. The van der Waals surface area contributed by atoms with Crippen LogP contribution in [-0.2, 0) is 11.3 Å². The van der Waals surface area contributed by atoms with Crippen LogP contribution in [0.3, 0.4) is 0 Å². The van der Waals surface area contributed by atoms with Crippen LogP contribution in [0, 0.1) is 0 Å². The summed E-state index contributed by atoms with van der Waals surface area (Å²) in [5.74, 6) is 0.376. The van der Waals surface area contributed by atoms with E-state index in [1.807, 2.05) is 54.6 Å². The Labute approximate surface area is 172 Å². The van der Waals surface area contributed by atoms with Crippen molar-refractivity contribution in [3.8, 4) is 5.75 Å². The fourth-order valence-corrected chi connectivity index (χ4v) is 3.75. The third kappa shape index (κ3) is 3.10. The van der Waals surface area contributed by atoms with E-state index in [9.17, 15) is 9.59 Å². The van der Waals surface area contributed by atoms with Crippen molar-refractivity contribution in [2.24, 2.45) is 0 Å². The number of nitrogens with zero attached hydrogens (tertiary/aromatic N) is 4. The average Bonchev–Trinajstić information content (AvgIpc) is 2.81. The molecule has 4 aromatic rings. The average molecular weight is 398 g/mol. The maximum absolute atomic E-state index is 13.4. The second kappa shape index (κ2) is 7.44. The van der Waals surface area contributed by atoms with Gasteiger partial charge in [-0.15, -0.1) is 5.10 Å². The quantitative estimate of drug-likeness (QED) is 0.530. The summed E-state index contributed by atoms with van der Waals surface area (Å²) in [6.07, 6.45) is 0. The van der Waals surface area contributed by atoms with Gasteiger partial charge in [0.1, 0.15) is 24.4 Å².